The minimum atomic E-state index is -0.188. The van der Waals surface area contributed by atoms with Crippen LogP contribution >= 0.6 is 0 Å². The van der Waals surface area contributed by atoms with Crippen LogP contribution in [0.4, 0.5) is 5.69 Å². The first-order valence-corrected chi connectivity index (χ1v) is 11.7. The van der Waals surface area contributed by atoms with Gasteiger partial charge in [-0.3, -0.25) is 14.6 Å². The summed E-state index contributed by atoms with van der Waals surface area (Å²) in [6.45, 7) is 2.05. The van der Waals surface area contributed by atoms with Gasteiger partial charge in [0.1, 0.15) is 11.5 Å². The lowest BCUT2D eigenvalue weighted by Crippen LogP contribution is -2.23. The van der Waals surface area contributed by atoms with E-state index >= 15 is 0 Å². The van der Waals surface area contributed by atoms with E-state index in [9.17, 15) is 9.59 Å². The Hall–Kier alpha value is -4.72. The molecule has 0 spiro atoms. The number of hydrogen-bond donors (Lipinski definition) is 3. The molecule has 0 saturated carbocycles. The summed E-state index contributed by atoms with van der Waals surface area (Å²) in [4.78, 5) is 36.8. The lowest BCUT2D eigenvalue weighted by atomic mass is 10.1. The molecule has 2 amide bonds. The number of anilines is 1. The Morgan fingerprint density at radius 2 is 1.97 bits per heavy atom. The highest BCUT2D eigenvalue weighted by atomic mass is 16.4. The molecule has 3 N–H and O–H groups in total. The number of carbonyl (C=O) groups excluding carboxylic acids is 2. The number of hydrogen-bond acceptors (Lipinski definition) is 5. The number of oxazole rings is 1. The summed E-state index contributed by atoms with van der Waals surface area (Å²) in [5.41, 5.74) is 4.53. The lowest BCUT2D eigenvalue weighted by molar-refractivity contribution is -0.116. The van der Waals surface area contributed by atoms with Crippen LogP contribution in [0.5, 0.6) is 0 Å². The molecule has 0 aliphatic heterocycles. The van der Waals surface area contributed by atoms with Gasteiger partial charge in [-0.05, 0) is 66.8 Å². The zero-order valence-corrected chi connectivity index (χ0v) is 19.7. The smallest absolute Gasteiger partial charge is 0.251 e. The van der Waals surface area contributed by atoms with Crippen molar-refractivity contribution >= 4 is 28.4 Å². The highest BCUT2D eigenvalue weighted by Crippen LogP contribution is 2.25. The van der Waals surface area contributed by atoms with Crippen LogP contribution in [0.3, 0.4) is 0 Å². The molecule has 5 aromatic rings. The van der Waals surface area contributed by atoms with Crippen molar-refractivity contribution in [1.29, 1.82) is 0 Å². The Kier molecular flexibility index (Phi) is 6.57. The van der Waals surface area contributed by atoms with E-state index in [1.807, 2.05) is 67.7 Å². The van der Waals surface area contributed by atoms with E-state index < -0.39 is 0 Å². The molecule has 180 valence electrons. The zero-order chi connectivity index (χ0) is 24.9. The molecule has 0 saturated heterocycles. The molecule has 0 bridgehead atoms. The second kappa shape index (κ2) is 10.3. The maximum Gasteiger partial charge on any atom is 0.251 e. The van der Waals surface area contributed by atoms with Gasteiger partial charge in [-0.25, -0.2) is 4.98 Å². The lowest BCUT2D eigenvalue weighted by Gasteiger charge is -2.06. The van der Waals surface area contributed by atoms with E-state index in [1.165, 1.54) is 0 Å². The Labute approximate surface area is 207 Å². The maximum absolute atomic E-state index is 12.6. The normalized spacial score (nSPS) is 10.9. The quantitative estimate of drug-likeness (QED) is 0.289. The highest BCUT2D eigenvalue weighted by Gasteiger charge is 2.14. The molecule has 8 heteroatoms. The molecular weight excluding hydrogens is 454 g/mol. The fourth-order valence-electron chi connectivity index (χ4n) is 3.93. The molecular formula is C28H25N5O3. The van der Waals surface area contributed by atoms with E-state index in [0.717, 1.165) is 22.0 Å². The third kappa shape index (κ3) is 5.33. The van der Waals surface area contributed by atoms with Crippen LogP contribution in [0.25, 0.3) is 22.4 Å². The summed E-state index contributed by atoms with van der Waals surface area (Å²) in [7, 11) is 0. The van der Waals surface area contributed by atoms with Crippen molar-refractivity contribution in [3.63, 3.8) is 0 Å². The molecule has 0 fully saturated rings. The first-order chi connectivity index (χ1) is 17.5. The summed E-state index contributed by atoms with van der Waals surface area (Å²) in [6.07, 6.45) is 6.29. The fourth-order valence-corrected chi connectivity index (χ4v) is 3.93. The third-order valence-electron chi connectivity index (χ3n) is 5.88. The zero-order valence-electron chi connectivity index (χ0n) is 19.7. The summed E-state index contributed by atoms with van der Waals surface area (Å²) in [5, 5.41) is 6.88. The van der Waals surface area contributed by atoms with Gasteiger partial charge in [-0.1, -0.05) is 18.2 Å². The minimum Gasteiger partial charge on any atom is -0.441 e. The van der Waals surface area contributed by atoms with Crippen molar-refractivity contribution in [3.05, 3.63) is 102 Å². The number of fused-ring (bicyclic) bond motifs is 1. The number of nitrogens with zero attached hydrogens (tertiary/aromatic N) is 2. The topological polar surface area (TPSA) is 113 Å². The van der Waals surface area contributed by atoms with Crippen LogP contribution in [0.1, 0.15) is 33.8 Å². The van der Waals surface area contributed by atoms with Gasteiger partial charge in [0, 0.05) is 47.3 Å². The number of amides is 2. The SMILES string of the molecule is Cc1oc(-c2cccc(NC(=O)CCc3cccnc3)c2)nc1CNC(=O)c1ccc2cc[nH]c2c1. The number of benzene rings is 2. The van der Waals surface area contributed by atoms with E-state index in [0.29, 0.717) is 41.4 Å². The van der Waals surface area contributed by atoms with E-state index in [4.69, 9.17) is 4.42 Å². The van der Waals surface area contributed by atoms with Crippen LogP contribution < -0.4 is 10.6 Å². The Bertz CT molecular complexity index is 1520. The highest BCUT2D eigenvalue weighted by molar-refractivity contribution is 5.97. The van der Waals surface area contributed by atoms with Crippen molar-refractivity contribution in [2.45, 2.75) is 26.3 Å². The van der Waals surface area contributed by atoms with Gasteiger partial charge >= 0.3 is 0 Å². The van der Waals surface area contributed by atoms with Gasteiger partial charge in [0.05, 0.1) is 6.54 Å². The molecule has 36 heavy (non-hydrogen) atoms. The number of aromatic nitrogens is 3. The van der Waals surface area contributed by atoms with E-state index in [1.54, 1.807) is 18.5 Å². The summed E-state index contributed by atoms with van der Waals surface area (Å²) in [6, 6.07) is 18.6. The molecule has 3 heterocycles. The largest absolute Gasteiger partial charge is 0.441 e. The molecule has 0 aliphatic carbocycles. The number of aromatic amines is 1. The van der Waals surface area contributed by atoms with Crippen molar-refractivity contribution in [2.24, 2.45) is 0 Å². The maximum atomic E-state index is 12.6. The van der Waals surface area contributed by atoms with Crippen LogP contribution in [0, 0.1) is 6.92 Å². The number of pyridine rings is 1. The second-order valence-corrected chi connectivity index (χ2v) is 8.47. The molecule has 8 nitrogen and oxygen atoms in total. The van der Waals surface area contributed by atoms with E-state index in [2.05, 4.69) is 25.6 Å². The predicted octanol–water partition coefficient (Wildman–Crippen LogP) is 5.03. The monoisotopic (exact) mass is 479 g/mol. The Morgan fingerprint density at radius 3 is 2.83 bits per heavy atom. The predicted molar refractivity (Wildman–Crippen MR) is 137 cm³/mol. The second-order valence-electron chi connectivity index (χ2n) is 8.47. The van der Waals surface area contributed by atoms with Crippen LogP contribution in [0.2, 0.25) is 0 Å². The minimum absolute atomic E-state index is 0.0828. The Morgan fingerprint density at radius 1 is 1.06 bits per heavy atom. The number of H-pyrrole nitrogens is 1. The standard InChI is InChI=1S/C28H25N5O3/c1-18-25(17-31-27(35)21-9-8-20-11-13-30-24(20)15-21)33-28(36-18)22-5-2-6-23(14-22)32-26(34)10-7-19-4-3-12-29-16-19/h2-6,8-9,11-16,30H,7,10,17H2,1H3,(H,31,35)(H,32,34). The van der Waals surface area contributed by atoms with E-state index in [-0.39, 0.29) is 18.4 Å². The summed E-state index contributed by atoms with van der Waals surface area (Å²) < 4.78 is 5.86. The van der Waals surface area contributed by atoms with Gasteiger partial charge in [0.15, 0.2) is 0 Å². The van der Waals surface area contributed by atoms with Gasteiger partial charge in [0.2, 0.25) is 11.8 Å². The average Bonchev–Trinajstić information content (AvgIpc) is 3.52. The summed E-state index contributed by atoms with van der Waals surface area (Å²) >= 11 is 0. The van der Waals surface area contributed by atoms with Crippen LogP contribution in [-0.2, 0) is 17.8 Å². The molecule has 3 aromatic heterocycles. The molecule has 0 unspecified atom stereocenters. The number of aryl methyl sites for hydroxylation is 2. The van der Waals surface area contributed by atoms with Crippen molar-refractivity contribution in [3.8, 4) is 11.5 Å². The van der Waals surface area contributed by atoms with Gasteiger partial charge in [0.25, 0.3) is 5.91 Å². The van der Waals surface area contributed by atoms with Gasteiger partial charge in [-0.2, -0.15) is 0 Å². The fraction of sp³-hybridized carbons (Fsp3) is 0.143. The van der Waals surface area contributed by atoms with Crippen molar-refractivity contribution in [1.82, 2.24) is 20.3 Å². The molecule has 0 atom stereocenters. The first-order valence-electron chi connectivity index (χ1n) is 11.7. The first kappa shape index (κ1) is 23.0. The van der Waals surface area contributed by atoms with Crippen LogP contribution in [-0.4, -0.2) is 26.8 Å². The molecule has 2 aromatic carbocycles. The molecule has 0 radical (unpaired) electrons. The van der Waals surface area contributed by atoms with Gasteiger partial charge < -0.3 is 20.0 Å². The third-order valence-corrected chi connectivity index (χ3v) is 5.88. The number of rotatable bonds is 8. The van der Waals surface area contributed by atoms with Crippen LogP contribution in [0.15, 0.2) is 83.7 Å². The molecule has 0 aliphatic rings. The number of nitrogens with one attached hydrogen (secondary N) is 3. The molecule has 5 rings (SSSR count). The summed E-state index contributed by atoms with van der Waals surface area (Å²) in [5.74, 6) is 0.777. The van der Waals surface area contributed by atoms with Crippen molar-refractivity contribution in [2.75, 3.05) is 5.32 Å². The Balaban J connectivity index is 1.21. The average molecular weight is 480 g/mol. The number of carbonyl (C=O) groups is 2. The van der Waals surface area contributed by atoms with Gasteiger partial charge in [-0.15, -0.1) is 0 Å². The van der Waals surface area contributed by atoms with Crippen molar-refractivity contribution < 1.29 is 14.0 Å².